The molecule has 6 nitrogen and oxygen atoms in total. The van der Waals surface area contributed by atoms with Crippen LogP contribution in [-0.4, -0.2) is 54.3 Å². The van der Waals surface area contributed by atoms with Gasteiger partial charge in [-0.05, 0) is 73.0 Å². The quantitative estimate of drug-likeness (QED) is 0.369. The molecule has 0 bridgehead atoms. The Kier molecular flexibility index (Phi) is 8.54. The van der Waals surface area contributed by atoms with E-state index in [-0.39, 0.29) is 42.2 Å². The first kappa shape index (κ1) is 25.5. The summed E-state index contributed by atoms with van der Waals surface area (Å²) in [6.45, 7) is 5.46. The highest BCUT2D eigenvalue weighted by Gasteiger charge is 2.52. The molecule has 0 radical (unpaired) electrons. The number of carbonyl (C=O) groups is 1. The molecule has 1 saturated heterocycles. The first-order chi connectivity index (χ1) is 16.4. The van der Waals surface area contributed by atoms with Crippen LogP contribution in [0, 0.1) is 17.3 Å². The van der Waals surface area contributed by atoms with Crippen LogP contribution >= 0.6 is 0 Å². The van der Waals surface area contributed by atoms with E-state index < -0.39 is 0 Å². The second-order valence-corrected chi connectivity index (χ2v) is 11.0. The van der Waals surface area contributed by atoms with Gasteiger partial charge in [-0.25, -0.2) is 4.79 Å². The van der Waals surface area contributed by atoms with Crippen molar-refractivity contribution >= 4 is 5.97 Å². The maximum absolute atomic E-state index is 12.2. The predicted molar refractivity (Wildman–Crippen MR) is 130 cm³/mol. The molecule has 0 spiro atoms. The van der Waals surface area contributed by atoms with E-state index in [4.69, 9.17) is 14.2 Å². The monoisotopic (exact) mass is 474 g/mol. The molecule has 1 saturated carbocycles. The van der Waals surface area contributed by atoms with Crippen molar-refractivity contribution < 1.29 is 29.2 Å². The lowest BCUT2D eigenvalue weighted by Crippen LogP contribution is -2.35. The highest BCUT2D eigenvalue weighted by molar-refractivity contribution is 5.71. The molecule has 0 amide bonds. The number of aliphatic hydroxyl groups excluding tert-OH is 2. The zero-order valence-corrected chi connectivity index (χ0v) is 20.8. The second-order valence-electron chi connectivity index (χ2n) is 11.0. The number of fused-ring (bicyclic) bond motifs is 2. The third-order valence-electron chi connectivity index (χ3n) is 8.34. The van der Waals surface area contributed by atoms with E-state index in [1.807, 2.05) is 12.1 Å². The molecular weight excluding hydrogens is 432 g/mol. The summed E-state index contributed by atoms with van der Waals surface area (Å²) in [5.74, 6) is 0.996. The average molecular weight is 475 g/mol. The molecular formula is C28H42O6. The van der Waals surface area contributed by atoms with Gasteiger partial charge in [0.25, 0.3) is 0 Å². The summed E-state index contributed by atoms with van der Waals surface area (Å²) >= 11 is 0. The maximum atomic E-state index is 12.2. The maximum Gasteiger partial charge on any atom is 0.344 e. The molecule has 190 valence electrons. The summed E-state index contributed by atoms with van der Waals surface area (Å²) in [5.41, 5.74) is 2.40. The van der Waals surface area contributed by atoms with Gasteiger partial charge < -0.3 is 24.4 Å². The molecule has 6 heteroatoms. The van der Waals surface area contributed by atoms with Gasteiger partial charge in [-0.2, -0.15) is 0 Å². The summed E-state index contributed by atoms with van der Waals surface area (Å²) < 4.78 is 16.6. The van der Waals surface area contributed by atoms with Crippen LogP contribution in [0.1, 0.15) is 76.3 Å². The topological polar surface area (TPSA) is 85.2 Å². The number of ether oxygens (including phenoxy) is 3. The van der Waals surface area contributed by atoms with E-state index in [0.717, 1.165) is 75.5 Å². The van der Waals surface area contributed by atoms with Crippen molar-refractivity contribution in [1.82, 2.24) is 0 Å². The van der Waals surface area contributed by atoms with Crippen molar-refractivity contribution in [2.75, 3.05) is 19.8 Å². The third kappa shape index (κ3) is 5.95. The van der Waals surface area contributed by atoms with E-state index in [2.05, 4.69) is 19.9 Å². The van der Waals surface area contributed by atoms with Gasteiger partial charge >= 0.3 is 5.97 Å². The van der Waals surface area contributed by atoms with Crippen LogP contribution in [0.5, 0.6) is 5.75 Å². The van der Waals surface area contributed by atoms with Crippen molar-refractivity contribution in [3.63, 3.8) is 0 Å². The molecule has 1 aromatic rings. The van der Waals surface area contributed by atoms with E-state index in [1.54, 1.807) is 0 Å². The minimum absolute atomic E-state index is 0.00853. The smallest absolute Gasteiger partial charge is 0.344 e. The zero-order chi connectivity index (χ0) is 24.1. The Bertz CT molecular complexity index is 819. The van der Waals surface area contributed by atoms with Crippen LogP contribution in [0.2, 0.25) is 0 Å². The largest absolute Gasteiger partial charge is 0.482 e. The fourth-order valence-electron chi connectivity index (χ4n) is 6.46. The standard InChI is InChI=1S/C28H42O6/c1-3-4-5-8-20(29)10-11-22-24-14-19-7-6-9-26(23(19)15-28(24,2)16-25(22)30)33-18-27(31)34-21-12-13-32-17-21/h6-7,9,20-22,24-25,29-30H,3-5,8,10-18H2,1-2H3/t20-,21?,22+,24+,25+,28?/m0/s1. The highest BCUT2D eigenvalue weighted by atomic mass is 16.6. The number of esters is 1. The summed E-state index contributed by atoms with van der Waals surface area (Å²) in [5, 5.41) is 21.4. The Balaban J connectivity index is 1.37. The minimum atomic E-state index is -0.359. The predicted octanol–water partition coefficient (Wildman–Crippen LogP) is 4.22. The van der Waals surface area contributed by atoms with Crippen LogP contribution in [0.3, 0.4) is 0 Å². The van der Waals surface area contributed by atoms with Crippen molar-refractivity contribution in [2.24, 2.45) is 17.3 Å². The number of carbonyl (C=O) groups excluding carboxylic acids is 1. The van der Waals surface area contributed by atoms with Gasteiger partial charge in [0.2, 0.25) is 0 Å². The summed E-state index contributed by atoms with van der Waals surface area (Å²) in [4.78, 5) is 12.2. The molecule has 0 aromatic heterocycles. The lowest BCUT2D eigenvalue weighted by Gasteiger charge is -2.40. The van der Waals surface area contributed by atoms with E-state index in [1.165, 1.54) is 5.56 Å². The molecule has 1 heterocycles. The highest BCUT2D eigenvalue weighted by Crippen LogP contribution is 2.55. The number of rotatable bonds is 11. The zero-order valence-electron chi connectivity index (χ0n) is 20.8. The molecule has 3 aliphatic rings. The fourth-order valence-corrected chi connectivity index (χ4v) is 6.46. The molecule has 2 N–H and O–H groups in total. The minimum Gasteiger partial charge on any atom is -0.482 e. The van der Waals surface area contributed by atoms with Crippen molar-refractivity contribution in [1.29, 1.82) is 0 Å². The van der Waals surface area contributed by atoms with Crippen LogP contribution in [0.25, 0.3) is 0 Å². The molecule has 2 fully saturated rings. The van der Waals surface area contributed by atoms with E-state index in [0.29, 0.717) is 19.1 Å². The van der Waals surface area contributed by atoms with Crippen molar-refractivity contribution in [3.8, 4) is 5.75 Å². The average Bonchev–Trinajstić information content (AvgIpc) is 3.39. The van der Waals surface area contributed by atoms with Gasteiger partial charge in [0.15, 0.2) is 6.61 Å². The second kappa shape index (κ2) is 11.4. The molecule has 1 aliphatic heterocycles. The number of benzene rings is 1. The number of hydrogen-bond donors (Lipinski definition) is 2. The summed E-state index contributed by atoms with van der Waals surface area (Å²) in [6, 6.07) is 6.08. The van der Waals surface area contributed by atoms with Crippen molar-refractivity contribution in [2.45, 2.75) is 96.4 Å². The Hall–Kier alpha value is -1.63. The van der Waals surface area contributed by atoms with Gasteiger partial charge in [0.1, 0.15) is 11.9 Å². The molecule has 1 aromatic carbocycles. The Morgan fingerprint density at radius 2 is 2.15 bits per heavy atom. The molecule has 4 rings (SSSR count). The normalized spacial score (nSPS) is 31.1. The molecule has 34 heavy (non-hydrogen) atoms. The fraction of sp³-hybridized carbons (Fsp3) is 0.750. The Morgan fingerprint density at radius 1 is 1.29 bits per heavy atom. The van der Waals surface area contributed by atoms with Crippen LogP contribution in [0.4, 0.5) is 0 Å². The third-order valence-corrected chi connectivity index (χ3v) is 8.34. The summed E-state index contributed by atoms with van der Waals surface area (Å²) in [6.07, 6.45) is 8.38. The first-order valence-corrected chi connectivity index (χ1v) is 13.3. The van der Waals surface area contributed by atoms with Gasteiger partial charge in [0.05, 0.1) is 25.4 Å². The van der Waals surface area contributed by atoms with E-state index >= 15 is 0 Å². The van der Waals surface area contributed by atoms with Crippen LogP contribution in [-0.2, 0) is 27.1 Å². The van der Waals surface area contributed by atoms with Crippen LogP contribution < -0.4 is 4.74 Å². The molecule has 6 atom stereocenters. The number of aliphatic hydroxyl groups is 2. The van der Waals surface area contributed by atoms with Gasteiger partial charge in [-0.1, -0.05) is 45.2 Å². The molecule has 2 aliphatic carbocycles. The van der Waals surface area contributed by atoms with Gasteiger partial charge in [-0.15, -0.1) is 0 Å². The van der Waals surface area contributed by atoms with Crippen LogP contribution in [0.15, 0.2) is 18.2 Å². The lowest BCUT2D eigenvalue weighted by molar-refractivity contribution is -0.151. The van der Waals surface area contributed by atoms with Crippen molar-refractivity contribution in [3.05, 3.63) is 29.3 Å². The van der Waals surface area contributed by atoms with Gasteiger partial charge in [0, 0.05) is 6.42 Å². The van der Waals surface area contributed by atoms with E-state index in [9.17, 15) is 15.0 Å². The SMILES string of the molecule is CCCCC[C@H](O)CC[C@H]1[C@H](O)CC2(C)Cc3c(cccc3OCC(=O)OC3CCOC3)C[C@H]12. The molecule has 2 unspecified atom stereocenters. The number of hydrogen-bond acceptors (Lipinski definition) is 6. The number of unbranched alkanes of at least 4 members (excludes halogenated alkanes) is 2. The summed E-state index contributed by atoms with van der Waals surface area (Å²) in [7, 11) is 0. The Morgan fingerprint density at radius 3 is 2.91 bits per heavy atom. The van der Waals surface area contributed by atoms with Gasteiger partial charge in [-0.3, -0.25) is 0 Å². The Labute approximate surface area is 204 Å². The lowest BCUT2D eigenvalue weighted by atomic mass is 9.65. The first-order valence-electron chi connectivity index (χ1n) is 13.3.